The number of benzene rings is 21. The fourth-order valence-electron chi connectivity index (χ4n) is 25.8. The minimum absolute atomic E-state index is 0.199. The van der Waals surface area contributed by atoms with Crippen molar-refractivity contribution < 1.29 is 0 Å². The van der Waals surface area contributed by atoms with Crippen molar-refractivity contribution in [3.05, 3.63) is 589 Å². The molecule has 6 aliphatic carbocycles. The van der Waals surface area contributed by atoms with Crippen molar-refractivity contribution in [1.29, 1.82) is 0 Å². The molecular weight excluding hydrogens is 1740 g/mol. The van der Waals surface area contributed by atoms with Crippen molar-refractivity contribution in [2.45, 2.75) is 99.3 Å². The Hall–Kier alpha value is -17.0. The monoisotopic (exact) mass is 1850 g/mol. The van der Waals surface area contributed by atoms with Crippen LogP contribution in [-0.4, -0.2) is 13.7 Å². The van der Waals surface area contributed by atoms with Crippen LogP contribution in [0.4, 0.5) is 0 Å². The number of rotatable bonds is 3. The van der Waals surface area contributed by atoms with Gasteiger partial charge < -0.3 is 13.7 Å². The Kier molecular flexibility index (Phi) is 21.4. The van der Waals surface area contributed by atoms with E-state index in [1.165, 1.54) is 283 Å². The van der Waals surface area contributed by atoms with Gasteiger partial charge in [-0.1, -0.05) is 415 Å². The van der Waals surface area contributed by atoms with E-state index in [9.17, 15) is 0 Å². The van der Waals surface area contributed by atoms with Crippen molar-refractivity contribution in [2.75, 3.05) is 0 Å². The third-order valence-electron chi connectivity index (χ3n) is 31.8. The molecule has 0 fully saturated rings. The van der Waals surface area contributed by atoms with E-state index in [-0.39, 0.29) is 16.2 Å². The van der Waals surface area contributed by atoms with E-state index >= 15 is 0 Å². The van der Waals surface area contributed by atoms with Crippen LogP contribution in [0.2, 0.25) is 0 Å². The second-order valence-corrected chi connectivity index (χ2v) is 40.7. The predicted molar refractivity (Wildman–Crippen MR) is 607 cm³/mol. The number of aryl methyl sites for hydroxylation is 12. The second-order valence-electron chi connectivity index (χ2n) is 40.7. The van der Waals surface area contributed by atoms with E-state index in [1.807, 2.05) is 0 Å². The highest BCUT2D eigenvalue weighted by molar-refractivity contribution is 6.13. The first-order chi connectivity index (χ1) is 70.4. The highest BCUT2D eigenvalue weighted by Gasteiger charge is 2.55. The van der Waals surface area contributed by atoms with E-state index in [0.717, 1.165) is 0 Å². The number of aromatic nitrogens is 3. The molecule has 0 amide bonds. The van der Waals surface area contributed by atoms with Gasteiger partial charge in [0.2, 0.25) is 0 Å². The summed E-state index contributed by atoms with van der Waals surface area (Å²) in [7, 11) is 0. The van der Waals surface area contributed by atoms with Gasteiger partial charge in [0.1, 0.15) is 0 Å². The fourth-order valence-corrected chi connectivity index (χ4v) is 25.8. The zero-order valence-electron chi connectivity index (χ0n) is 83.6. The number of para-hydroxylation sites is 4. The molecule has 690 valence electrons. The predicted octanol–water partition coefficient (Wildman–Crippen LogP) is 36.1. The molecule has 0 N–H and O–H groups in total. The summed E-state index contributed by atoms with van der Waals surface area (Å²) in [6.07, 6.45) is 0. The van der Waals surface area contributed by atoms with Gasteiger partial charge in [-0.2, -0.15) is 0 Å². The Labute approximate surface area is 844 Å². The summed E-state index contributed by atoms with van der Waals surface area (Å²) in [5, 5.41) is 7.97. The number of nitrogens with zero attached hydrogens (tertiary/aromatic N) is 3. The first-order valence-electron chi connectivity index (χ1n) is 50.8. The summed E-state index contributed by atoms with van der Waals surface area (Å²) in [6, 6.07) is 167. The zero-order chi connectivity index (χ0) is 97.7. The SMILES string of the molecule is Cc1ccc(-n2c3ccccc3c3c(C)cccc32)cc1.Cc1ccc2c(c1)C1(c3ccccc3-2)c2ccccc2-c2ccc(C)cc21.Cc1ccc2c(c1)C1(c3ccccc3-c3ccccc31)c1cc(C)ccc1-2.Cc1ccc2c(c1)c1ccccc1n2-c1ccccc1C.Cc1cccc(-n2c3ccccc3c3cc(C)ccc32)c1.Cc1cccc2c1-c1ccccc1C21c2ccccc2-c2c(C)cccc21. The maximum absolute atomic E-state index is 2.41. The minimum atomic E-state index is -0.199. The first kappa shape index (κ1) is 88.4. The highest BCUT2D eigenvalue weighted by atomic mass is 15.0. The molecule has 3 spiro atoms. The molecule has 0 saturated heterocycles. The molecule has 144 heavy (non-hydrogen) atoms. The van der Waals surface area contributed by atoms with Gasteiger partial charge in [0.15, 0.2) is 0 Å². The Morgan fingerprint density at radius 3 is 0.861 bits per heavy atom. The molecule has 0 aliphatic heterocycles. The molecule has 24 aromatic rings. The van der Waals surface area contributed by atoms with Crippen molar-refractivity contribution >= 4 is 65.4 Å². The molecule has 0 atom stereocenters. The molecule has 21 aromatic carbocycles. The van der Waals surface area contributed by atoms with Crippen molar-refractivity contribution in [1.82, 2.24) is 13.7 Å². The van der Waals surface area contributed by atoms with Gasteiger partial charge >= 0.3 is 0 Å². The van der Waals surface area contributed by atoms with E-state index in [0.29, 0.717) is 0 Å². The van der Waals surface area contributed by atoms with E-state index in [4.69, 9.17) is 0 Å². The van der Waals surface area contributed by atoms with Crippen LogP contribution in [0.15, 0.2) is 455 Å². The summed E-state index contributed by atoms with van der Waals surface area (Å²) in [4.78, 5) is 0. The van der Waals surface area contributed by atoms with Crippen LogP contribution >= 0.6 is 0 Å². The lowest BCUT2D eigenvalue weighted by Gasteiger charge is -2.30. The van der Waals surface area contributed by atoms with Gasteiger partial charge in [0.05, 0.1) is 49.3 Å². The van der Waals surface area contributed by atoms with Gasteiger partial charge in [-0.25, -0.2) is 0 Å². The summed E-state index contributed by atoms with van der Waals surface area (Å²) < 4.78 is 7.09. The molecule has 3 nitrogen and oxygen atoms in total. The molecule has 0 bridgehead atoms. The summed E-state index contributed by atoms with van der Waals surface area (Å²) in [5.74, 6) is 0. The van der Waals surface area contributed by atoms with E-state index in [2.05, 4.69) is 552 Å². The highest BCUT2D eigenvalue weighted by Crippen LogP contribution is 2.67. The third kappa shape index (κ3) is 13.5. The van der Waals surface area contributed by atoms with Crippen molar-refractivity contribution in [3.8, 4) is 83.8 Å². The summed E-state index contributed by atoms with van der Waals surface area (Å²) in [5.41, 5.74) is 60.2. The van der Waals surface area contributed by atoms with Gasteiger partial charge in [-0.05, 0) is 323 Å². The lowest BCUT2D eigenvalue weighted by atomic mass is 9.70. The largest absolute Gasteiger partial charge is 0.309 e. The van der Waals surface area contributed by atoms with Crippen LogP contribution in [0.5, 0.6) is 0 Å². The summed E-state index contributed by atoms with van der Waals surface area (Å²) >= 11 is 0. The molecule has 0 radical (unpaired) electrons. The quantitative estimate of drug-likeness (QED) is 0.167. The first-order valence-corrected chi connectivity index (χ1v) is 50.8. The second kappa shape index (κ2) is 34.8. The van der Waals surface area contributed by atoms with Crippen LogP contribution in [0.3, 0.4) is 0 Å². The molecule has 0 unspecified atom stereocenters. The molecule has 0 saturated carbocycles. The zero-order valence-corrected chi connectivity index (χ0v) is 83.6. The van der Waals surface area contributed by atoms with Crippen LogP contribution in [-0.2, 0) is 16.2 Å². The van der Waals surface area contributed by atoms with Crippen molar-refractivity contribution in [3.63, 3.8) is 0 Å². The van der Waals surface area contributed by atoms with Crippen molar-refractivity contribution in [2.24, 2.45) is 0 Å². The Balaban J connectivity index is 0.0000000908. The number of hydrogen-bond donors (Lipinski definition) is 0. The third-order valence-corrected chi connectivity index (χ3v) is 31.8. The van der Waals surface area contributed by atoms with Crippen LogP contribution in [0, 0.1) is 83.1 Å². The lowest BCUT2D eigenvalue weighted by molar-refractivity contribution is 0.791. The van der Waals surface area contributed by atoms with E-state index in [1.54, 1.807) is 0 Å². The van der Waals surface area contributed by atoms with E-state index < -0.39 is 0 Å². The average Bonchev–Trinajstić information content (AvgIpc) is 1.51. The maximum Gasteiger partial charge on any atom is 0.0725 e. The maximum atomic E-state index is 2.41. The molecule has 6 aliphatic rings. The Morgan fingerprint density at radius 2 is 0.424 bits per heavy atom. The Morgan fingerprint density at radius 1 is 0.146 bits per heavy atom. The van der Waals surface area contributed by atoms with Gasteiger partial charge in [-0.3, -0.25) is 0 Å². The average molecular weight is 1850 g/mol. The smallest absolute Gasteiger partial charge is 0.0725 e. The molecule has 3 aromatic heterocycles. The minimum Gasteiger partial charge on any atom is -0.309 e. The van der Waals surface area contributed by atoms with Crippen LogP contribution in [0.25, 0.3) is 149 Å². The normalized spacial score (nSPS) is 13.2. The fraction of sp³-hybridized carbons (Fsp3) is 0.106. The molecule has 3 heteroatoms. The van der Waals surface area contributed by atoms with Gasteiger partial charge in [0.25, 0.3) is 0 Å². The molecule has 30 rings (SSSR count). The number of hydrogen-bond acceptors (Lipinski definition) is 0. The number of fused-ring (bicyclic) bond motifs is 39. The molecule has 3 heterocycles. The Bertz CT molecular complexity index is 9020. The summed E-state index contributed by atoms with van der Waals surface area (Å²) in [6.45, 7) is 26.2. The van der Waals surface area contributed by atoms with Gasteiger partial charge in [0, 0.05) is 49.4 Å². The van der Waals surface area contributed by atoms with Gasteiger partial charge in [-0.15, -0.1) is 0 Å². The van der Waals surface area contributed by atoms with Crippen LogP contribution < -0.4 is 0 Å². The molecular formula is C141H111N3. The van der Waals surface area contributed by atoms with Crippen LogP contribution in [0.1, 0.15) is 134 Å². The standard InChI is InChI=1S/3C27H20.3C20H17N/c1-17-9-7-15-23-25(17)19-11-3-5-13-21(19)27(23)22-14-6-4-12-20(22)26-18(2)10-8-16-24(26)27;1-17-11-13-21-19-7-3-5-9-23(19)27(25(21)15-17)24-10-6-4-8-20(24)22-14-12-18(2)16-26(22)27;1-17-11-13-21-22-14-12-18(2)16-26(22)27(25(21)15-17)23-9-5-3-7-19(23)20-8-4-6-10-24(20)27;1-14-11-12-20-17(13-14)16-8-4-6-10-19(16)21(20)18-9-5-3-7-15(18)2;1-14-6-5-7-16(12-14)21-19-9-4-3-8-17(19)18-13-15(2)10-11-20(18)21;1-14-10-12-16(13-11-14)21-18-8-4-3-7-17(18)20-15(2)6-5-9-19(20)21/h3*3-16H,1-2H3;3*3-13H,1-2H3. The lowest BCUT2D eigenvalue weighted by Crippen LogP contribution is -2.26. The topological polar surface area (TPSA) is 14.8 Å².